The van der Waals surface area contributed by atoms with Gasteiger partial charge in [0.25, 0.3) is 0 Å². The van der Waals surface area contributed by atoms with Crippen molar-refractivity contribution in [3.63, 3.8) is 0 Å². The summed E-state index contributed by atoms with van der Waals surface area (Å²) >= 11 is 0. The number of nitrogens with zero attached hydrogens (tertiary/aromatic N) is 1. The van der Waals surface area contributed by atoms with Gasteiger partial charge in [-0.1, -0.05) is 18.6 Å². The van der Waals surface area contributed by atoms with E-state index in [0.717, 1.165) is 24.0 Å². The highest BCUT2D eigenvalue weighted by Crippen LogP contribution is 2.35. The molecule has 1 atom stereocenters. The SMILES string of the molecule is O=C(NCCC1Oc2ccccc2[N+]1=O)C1CCC1. The second-order valence-electron chi connectivity index (χ2n) is 5.07. The third-order valence-corrected chi connectivity index (χ3v) is 3.79. The molecule has 0 spiro atoms. The molecule has 5 nitrogen and oxygen atoms in total. The van der Waals surface area contributed by atoms with Gasteiger partial charge in [-0.2, -0.15) is 0 Å². The Bertz CT molecular complexity index is 511. The van der Waals surface area contributed by atoms with Gasteiger partial charge in [-0.05, 0) is 18.9 Å². The molecule has 1 aromatic rings. The van der Waals surface area contributed by atoms with Gasteiger partial charge < -0.3 is 10.1 Å². The van der Waals surface area contributed by atoms with E-state index in [1.54, 1.807) is 12.1 Å². The van der Waals surface area contributed by atoms with E-state index in [2.05, 4.69) is 5.32 Å². The molecule has 3 rings (SSSR count). The zero-order valence-corrected chi connectivity index (χ0v) is 10.7. The number of hydrogen-bond donors (Lipinski definition) is 1. The number of benzene rings is 1. The Balaban J connectivity index is 1.49. The first-order valence-electron chi connectivity index (χ1n) is 6.75. The van der Waals surface area contributed by atoms with Crippen LogP contribution in [0.15, 0.2) is 24.3 Å². The minimum absolute atomic E-state index is 0.110. The third-order valence-electron chi connectivity index (χ3n) is 3.79. The van der Waals surface area contributed by atoms with Gasteiger partial charge >= 0.3 is 11.9 Å². The zero-order valence-electron chi connectivity index (χ0n) is 10.7. The Labute approximate surface area is 111 Å². The Morgan fingerprint density at radius 1 is 1.37 bits per heavy atom. The Morgan fingerprint density at radius 2 is 2.16 bits per heavy atom. The first-order valence-corrected chi connectivity index (χ1v) is 6.75. The summed E-state index contributed by atoms with van der Waals surface area (Å²) in [5.74, 6) is 0.914. The number of para-hydroxylation sites is 2. The Kier molecular flexibility index (Phi) is 3.19. The summed E-state index contributed by atoms with van der Waals surface area (Å²) in [5, 5.41) is 2.87. The number of carbonyl (C=O) groups excluding carboxylic acids is 1. The first-order chi connectivity index (χ1) is 9.25. The van der Waals surface area contributed by atoms with Gasteiger partial charge in [-0.3, -0.25) is 4.79 Å². The van der Waals surface area contributed by atoms with E-state index in [1.165, 1.54) is 0 Å². The lowest BCUT2D eigenvalue weighted by molar-refractivity contribution is -0.529. The van der Waals surface area contributed by atoms with Crippen molar-refractivity contribution in [3.05, 3.63) is 29.2 Å². The molecule has 2 aliphatic rings. The molecule has 100 valence electrons. The lowest BCUT2D eigenvalue weighted by Crippen LogP contribution is -2.37. The van der Waals surface area contributed by atoms with Crippen molar-refractivity contribution in [1.82, 2.24) is 5.32 Å². The van der Waals surface area contributed by atoms with Gasteiger partial charge in [0, 0.05) is 23.4 Å². The van der Waals surface area contributed by atoms with E-state index < -0.39 is 6.23 Å². The second kappa shape index (κ2) is 4.99. The summed E-state index contributed by atoms with van der Waals surface area (Å²) in [6, 6.07) is 7.18. The Hall–Kier alpha value is -1.91. The summed E-state index contributed by atoms with van der Waals surface area (Å²) in [4.78, 5) is 23.6. The van der Waals surface area contributed by atoms with Crippen LogP contribution in [0.4, 0.5) is 5.69 Å². The lowest BCUT2D eigenvalue weighted by atomic mass is 9.85. The molecule has 1 unspecified atom stereocenters. The average molecular weight is 261 g/mol. The molecule has 0 aromatic heterocycles. The number of carbonyl (C=O) groups is 1. The number of nitroso groups, excluding NO2 is 1. The van der Waals surface area contributed by atoms with Crippen LogP contribution in [0, 0.1) is 10.8 Å². The van der Waals surface area contributed by atoms with Crippen LogP contribution < -0.4 is 10.1 Å². The zero-order chi connectivity index (χ0) is 13.2. The van der Waals surface area contributed by atoms with Crippen LogP contribution in [0.25, 0.3) is 0 Å². The smallest absolute Gasteiger partial charge is 0.352 e. The molecule has 0 radical (unpaired) electrons. The van der Waals surface area contributed by atoms with Crippen LogP contribution in [0.2, 0.25) is 0 Å². The van der Waals surface area contributed by atoms with Crippen molar-refractivity contribution < 1.29 is 14.3 Å². The largest absolute Gasteiger partial charge is 0.423 e. The van der Waals surface area contributed by atoms with Gasteiger partial charge in [0.1, 0.15) is 0 Å². The highest BCUT2D eigenvalue weighted by atomic mass is 16.5. The number of ether oxygens (including phenoxy) is 1. The summed E-state index contributed by atoms with van der Waals surface area (Å²) in [7, 11) is 0. The predicted octanol–water partition coefficient (Wildman–Crippen LogP) is 2.12. The lowest BCUT2D eigenvalue weighted by Gasteiger charge is -2.23. The van der Waals surface area contributed by atoms with E-state index in [-0.39, 0.29) is 11.8 Å². The highest BCUT2D eigenvalue weighted by molar-refractivity contribution is 5.79. The van der Waals surface area contributed by atoms with Gasteiger partial charge in [0.05, 0.1) is 11.2 Å². The predicted molar refractivity (Wildman–Crippen MR) is 69.1 cm³/mol. The van der Waals surface area contributed by atoms with Gasteiger partial charge in [-0.25, -0.2) is 0 Å². The van der Waals surface area contributed by atoms with E-state index in [0.29, 0.717) is 24.4 Å². The molecule has 1 amide bonds. The Morgan fingerprint density at radius 3 is 2.84 bits per heavy atom. The van der Waals surface area contributed by atoms with Crippen LogP contribution in [0.3, 0.4) is 0 Å². The van der Waals surface area contributed by atoms with Crippen molar-refractivity contribution in [3.8, 4) is 5.75 Å². The fourth-order valence-electron chi connectivity index (χ4n) is 2.40. The van der Waals surface area contributed by atoms with Crippen molar-refractivity contribution in [2.24, 2.45) is 5.92 Å². The number of hydrogen-bond acceptors (Lipinski definition) is 3. The van der Waals surface area contributed by atoms with Crippen LogP contribution in [-0.2, 0) is 4.79 Å². The maximum Gasteiger partial charge on any atom is 0.352 e. The summed E-state index contributed by atoms with van der Waals surface area (Å²) in [5.41, 5.74) is 0.567. The summed E-state index contributed by atoms with van der Waals surface area (Å²) in [6.07, 6.45) is 3.10. The number of nitrogens with one attached hydrogen (secondary N) is 1. The fraction of sp³-hybridized carbons (Fsp3) is 0.500. The molecule has 5 heteroatoms. The number of rotatable bonds is 4. The van der Waals surface area contributed by atoms with Gasteiger partial charge in [0.15, 0.2) is 0 Å². The van der Waals surface area contributed by atoms with Crippen LogP contribution in [0.1, 0.15) is 25.7 Å². The van der Waals surface area contributed by atoms with Crippen molar-refractivity contribution in [2.75, 3.05) is 6.54 Å². The van der Waals surface area contributed by atoms with Crippen molar-refractivity contribution >= 4 is 11.6 Å². The summed E-state index contributed by atoms with van der Waals surface area (Å²) < 4.78 is 6.44. The molecule has 19 heavy (non-hydrogen) atoms. The molecule has 1 heterocycles. The number of fused-ring (bicyclic) bond motifs is 1. The molecule has 0 bridgehead atoms. The normalized spacial score (nSPS) is 21.5. The van der Waals surface area contributed by atoms with E-state index in [9.17, 15) is 9.70 Å². The van der Waals surface area contributed by atoms with Gasteiger partial charge in [-0.15, -0.1) is 0 Å². The highest BCUT2D eigenvalue weighted by Gasteiger charge is 2.40. The number of amides is 1. The standard InChI is InChI=1S/C14H16N2O3/c17-14(10-4-3-5-10)15-9-8-13-16(18)11-6-1-2-7-12(11)19-13/h1-2,6-7,10,13H,3-5,8-9H2/p+1. The molecule has 1 saturated carbocycles. The van der Waals surface area contributed by atoms with Crippen molar-refractivity contribution in [2.45, 2.75) is 31.9 Å². The molecule has 1 aliphatic carbocycles. The molecule has 1 aliphatic heterocycles. The maximum absolute atomic E-state index is 12.0. The van der Waals surface area contributed by atoms with Crippen LogP contribution >= 0.6 is 0 Å². The van der Waals surface area contributed by atoms with E-state index in [4.69, 9.17) is 4.74 Å². The molecule has 1 N–H and O–H groups in total. The van der Waals surface area contributed by atoms with Crippen LogP contribution in [0.5, 0.6) is 5.75 Å². The quantitative estimate of drug-likeness (QED) is 0.845. The van der Waals surface area contributed by atoms with Gasteiger partial charge in [0.2, 0.25) is 11.7 Å². The monoisotopic (exact) mass is 261 g/mol. The van der Waals surface area contributed by atoms with E-state index >= 15 is 0 Å². The molecular formula is C14H17N2O3+. The fourth-order valence-corrected chi connectivity index (χ4v) is 2.40. The van der Waals surface area contributed by atoms with Crippen LogP contribution in [-0.4, -0.2) is 23.4 Å². The minimum Gasteiger partial charge on any atom is -0.423 e. The third kappa shape index (κ3) is 2.32. The summed E-state index contributed by atoms with van der Waals surface area (Å²) in [6.45, 7) is 0.479. The molecule has 1 aromatic carbocycles. The second-order valence-corrected chi connectivity index (χ2v) is 5.07. The molecule has 1 fully saturated rings. The maximum atomic E-state index is 12.0. The minimum atomic E-state index is -0.529. The molecular weight excluding hydrogens is 244 g/mol. The topological polar surface area (TPSA) is 58.4 Å². The first kappa shape index (κ1) is 12.1. The van der Waals surface area contributed by atoms with E-state index in [1.807, 2.05) is 12.1 Å². The average Bonchev–Trinajstić information content (AvgIpc) is 2.65. The molecule has 0 saturated heterocycles. The van der Waals surface area contributed by atoms with Crippen molar-refractivity contribution in [1.29, 1.82) is 0 Å².